The van der Waals surface area contributed by atoms with Crippen LogP contribution < -0.4 is 5.32 Å². The van der Waals surface area contributed by atoms with Crippen molar-refractivity contribution in [1.82, 2.24) is 10.2 Å². The van der Waals surface area contributed by atoms with E-state index in [0.29, 0.717) is 6.42 Å². The van der Waals surface area contributed by atoms with Gasteiger partial charge in [0, 0.05) is 43.2 Å². The van der Waals surface area contributed by atoms with E-state index in [2.05, 4.69) is 47.8 Å². The van der Waals surface area contributed by atoms with E-state index in [1.807, 2.05) is 4.90 Å². The maximum absolute atomic E-state index is 12.1. The van der Waals surface area contributed by atoms with E-state index < -0.39 is 0 Å². The van der Waals surface area contributed by atoms with Gasteiger partial charge in [0.25, 0.3) is 0 Å². The molecule has 1 aliphatic rings. The van der Waals surface area contributed by atoms with Gasteiger partial charge in [-0.3, -0.25) is 4.79 Å². The van der Waals surface area contributed by atoms with E-state index in [1.165, 1.54) is 15.7 Å². The van der Waals surface area contributed by atoms with Gasteiger partial charge in [0.2, 0.25) is 5.91 Å². The maximum Gasteiger partial charge on any atom is 0.223 e. The average molecular weight is 300 g/mol. The molecule has 0 spiro atoms. The van der Waals surface area contributed by atoms with Crippen LogP contribution in [0.15, 0.2) is 47.4 Å². The van der Waals surface area contributed by atoms with Crippen molar-refractivity contribution in [3.8, 4) is 0 Å². The Morgan fingerprint density at radius 2 is 1.86 bits per heavy atom. The predicted molar refractivity (Wildman–Crippen MR) is 88.7 cm³/mol. The second kappa shape index (κ2) is 6.96. The number of amides is 1. The van der Waals surface area contributed by atoms with Crippen LogP contribution in [0.4, 0.5) is 0 Å². The summed E-state index contributed by atoms with van der Waals surface area (Å²) in [5.41, 5.74) is 0. The number of fused-ring (bicyclic) bond motifs is 1. The third-order valence-electron chi connectivity index (χ3n) is 3.78. The van der Waals surface area contributed by atoms with Crippen molar-refractivity contribution >= 4 is 28.4 Å². The first-order chi connectivity index (χ1) is 10.3. The lowest BCUT2D eigenvalue weighted by atomic mass is 10.1. The van der Waals surface area contributed by atoms with Crippen LogP contribution in [0.3, 0.4) is 0 Å². The number of carbonyl (C=O) groups is 1. The van der Waals surface area contributed by atoms with Gasteiger partial charge < -0.3 is 10.2 Å². The minimum Gasteiger partial charge on any atom is -0.340 e. The lowest BCUT2D eigenvalue weighted by Crippen LogP contribution is -2.46. The number of benzene rings is 2. The molecule has 1 amide bonds. The SMILES string of the molecule is O=C(CCSc1ccc2ccccc2c1)N1CCNCC1. The summed E-state index contributed by atoms with van der Waals surface area (Å²) < 4.78 is 0. The molecule has 0 aliphatic carbocycles. The molecular weight excluding hydrogens is 280 g/mol. The van der Waals surface area contributed by atoms with Gasteiger partial charge in [-0.1, -0.05) is 30.3 Å². The van der Waals surface area contributed by atoms with E-state index in [-0.39, 0.29) is 5.91 Å². The molecule has 1 aliphatic heterocycles. The molecule has 3 rings (SSSR count). The zero-order valence-corrected chi connectivity index (χ0v) is 12.9. The predicted octanol–water partition coefficient (Wildman–Crippen LogP) is 2.75. The molecule has 4 heteroatoms. The van der Waals surface area contributed by atoms with Crippen molar-refractivity contribution in [2.24, 2.45) is 0 Å². The third kappa shape index (κ3) is 3.77. The highest BCUT2D eigenvalue weighted by Gasteiger charge is 2.15. The number of rotatable bonds is 4. The molecule has 0 unspecified atom stereocenters. The van der Waals surface area contributed by atoms with Crippen LogP contribution in [0.1, 0.15) is 6.42 Å². The molecule has 21 heavy (non-hydrogen) atoms. The molecule has 2 aromatic rings. The van der Waals surface area contributed by atoms with Gasteiger partial charge in [-0.25, -0.2) is 0 Å². The highest BCUT2D eigenvalue weighted by Crippen LogP contribution is 2.24. The van der Waals surface area contributed by atoms with Crippen molar-refractivity contribution in [2.45, 2.75) is 11.3 Å². The fourth-order valence-electron chi connectivity index (χ4n) is 2.59. The first-order valence-corrected chi connectivity index (χ1v) is 8.41. The summed E-state index contributed by atoms with van der Waals surface area (Å²) in [7, 11) is 0. The normalized spacial score (nSPS) is 15.3. The van der Waals surface area contributed by atoms with Crippen molar-refractivity contribution in [2.75, 3.05) is 31.9 Å². The first kappa shape index (κ1) is 14.4. The minimum atomic E-state index is 0.282. The number of hydrogen-bond donors (Lipinski definition) is 1. The molecule has 1 heterocycles. The fourth-order valence-corrected chi connectivity index (χ4v) is 3.47. The lowest BCUT2D eigenvalue weighted by molar-refractivity contribution is -0.131. The fraction of sp³-hybridized carbons (Fsp3) is 0.353. The molecular formula is C17H20N2OS. The Morgan fingerprint density at radius 1 is 1.10 bits per heavy atom. The Balaban J connectivity index is 1.53. The summed E-state index contributed by atoms with van der Waals surface area (Å²) in [5, 5.41) is 5.79. The summed E-state index contributed by atoms with van der Waals surface area (Å²) in [6.07, 6.45) is 0.623. The van der Waals surface area contributed by atoms with E-state index >= 15 is 0 Å². The Kier molecular flexibility index (Phi) is 4.78. The number of piperazine rings is 1. The third-order valence-corrected chi connectivity index (χ3v) is 4.77. The Labute approximate surface area is 129 Å². The average Bonchev–Trinajstić information content (AvgIpc) is 2.55. The molecule has 1 fully saturated rings. The van der Waals surface area contributed by atoms with E-state index in [9.17, 15) is 4.79 Å². The highest BCUT2D eigenvalue weighted by molar-refractivity contribution is 7.99. The summed E-state index contributed by atoms with van der Waals surface area (Å²) >= 11 is 1.76. The molecule has 0 atom stereocenters. The molecule has 3 nitrogen and oxygen atoms in total. The monoisotopic (exact) mass is 300 g/mol. The minimum absolute atomic E-state index is 0.282. The number of nitrogens with zero attached hydrogens (tertiary/aromatic N) is 1. The molecule has 0 radical (unpaired) electrons. The largest absolute Gasteiger partial charge is 0.340 e. The highest BCUT2D eigenvalue weighted by atomic mass is 32.2. The summed E-state index contributed by atoms with van der Waals surface area (Å²) in [4.78, 5) is 15.3. The molecule has 0 bridgehead atoms. The van der Waals surface area contributed by atoms with E-state index in [0.717, 1.165) is 31.9 Å². The molecule has 110 valence electrons. The van der Waals surface area contributed by atoms with E-state index in [4.69, 9.17) is 0 Å². The number of thioether (sulfide) groups is 1. The topological polar surface area (TPSA) is 32.3 Å². The van der Waals surface area contributed by atoms with Gasteiger partial charge >= 0.3 is 0 Å². The second-order valence-electron chi connectivity index (χ2n) is 5.24. The van der Waals surface area contributed by atoms with Gasteiger partial charge in [-0.15, -0.1) is 11.8 Å². The van der Waals surface area contributed by atoms with Crippen LogP contribution in [-0.4, -0.2) is 42.7 Å². The summed E-state index contributed by atoms with van der Waals surface area (Å²) in [6, 6.07) is 14.9. The van der Waals surface area contributed by atoms with Gasteiger partial charge in [-0.2, -0.15) is 0 Å². The standard InChI is InChI=1S/C17H20N2OS/c20-17(19-10-8-18-9-11-19)7-12-21-16-6-5-14-3-1-2-4-15(14)13-16/h1-6,13,18H,7-12H2. The number of hydrogen-bond acceptors (Lipinski definition) is 3. The van der Waals surface area contributed by atoms with E-state index in [1.54, 1.807) is 11.8 Å². The first-order valence-electron chi connectivity index (χ1n) is 7.43. The second-order valence-corrected chi connectivity index (χ2v) is 6.41. The smallest absolute Gasteiger partial charge is 0.223 e. The Morgan fingerprint density at radius 3 is 2.67 bits per heavy atom. The Bertz CT molecular complexity index is 623. The van der Waals surface area contributed by atoms with Gasteiger partial charge in [-0.05, 0) is 22.9 Å². The molecule has 0 aromatic heterocycles. The number of carbonyl (C=O) groups excluding carboxylic acids is 1. The zero-order valence-electron chi connectivity index (χ0n) is 12.0. The zero-order chi connectivity index (χ0) is 14.5. The number of nitrogens with one attached hydrogen (secondary N) is 1. The summed E-state index contributed by atoms with van der Waals surface area (Å²) in [5.74, 6) is 1.13. The molecule has 0 saturated carbocycles. The van der Waals surface area contributed by atoms with Crippen LogP contribution in [0.2, 0.25) is 0 Å². The molecule has 1 N–H and O–H groups in total. The van der Waals surface area contributed by atoms with Gasteiger partial charge in [0.1, 0.15) is 0 Å². The van der Waals surface area contributed by atoms with Crippen LogP contribution in [0.5, 0.6) is 0 Å². The van der Waals surface area contributed by atoms with Gasteiger partial charge in [0.15, 0.2) is 0 Å². The van der Waals surface area contributed by atoms with Crippen LogP contribution in [0.25, 0.3) is 10.8 Å². The quantitative estimate of drug-likeness (QED) is 0.881. The molecule has 1 saturated heterocycles. The van der Waals surface area contributed by atoms with Crippen molar-refractivity contribution in [3.05, 3.63) is 42.5 Å². The lowest BCUT2D eigenvalue weighted by Gasteiger charge is -2.27. The Hall–Kier alpha value is -1.52. The van der Waals surface area contributed by atoms with Crippen molar-refractivity contribution in [3.63, 3.8) is 0 Å². The van der Waals surface area contributed by atoms with Crippen LogP contribution in [0, 0.1) is 0 Å². The van der Waals surface area contributed by atoms with Crippen molar-refractivity contribution in [1.29, 1.82) is 0 Å². The maximum atomic E-state index is 12.1. The van der Waals surface area contributed by atoms with Crippen LogP contribution >= 0.6 is 11.8 Å². The molecule has 2 aromatic carbocycles. The summed E-state index contributed by atoms with van der Waals surface area (Å²) in [6.45, 7) is 3.53. The van der Waals surface area contributed by atoms with Crippen molar-refractivity contribution < 1.29 is 4.79 Å². The van der Waals surface area contributed by atoms with Gasteiger partial charge in [0.05, 0.1) is 0 Å². The van der Waals surface area contributed by atoms with Crippen LogP contribution in [-0.2, 0) is 4.79 Å².